The summed E-state index contributed by atoms with van der Waals surface area (Å²) in [6.45, 7) is 4.63. The molecule has 1 aliphatic heterocycles. The average molecular weight is 420 g/mol. The molecule has 0 aliphatic carbocycles. The minimum atomic E-state index is -0.274. The summed E-state index contributed by atoms with van der Waals surface area (Å²) in [5.41, 5.74) is 4.45. The molecule has 0 saturated carbocycles. The summed E-state index contributed by atoms with van der Waals surface area (Å²) in [6, 6.07) is 12.1. The molecule has 1 aliphatic rings. The number of nitrogens with one attached hydrogen (secondary N) is 1. The Morgan fingerprint density at radius 1 is 1.23 bits per heavy atom. The number of carbonyl (C=O) groups is 1. The maximum absolute atomic E-state index is 13.3. The first kappa shape index (κ1) is 20.8. The second-order valence-corrected chi connectivity index (χ2v) is 7.87. The Morgan fingerprint density at radius 3 is 2.68 bits per heavy atom. The van der Waals surface area contributed by atoms with E-state index >= 15 is 0 Å². The van der Waals surface area contributed by atoms with Gasteiger partial charge in [-0.25, -0.2) is 9.37 Å². The van der Waals surface area contributed by atoms with E-state index in [-0.39, 0.29) is 17.8 Å². The molecule has 0 unspecified atom stereocenters. The third kappa shape index (κ3) is 4.38. The molecule has 1 amide bonds. The van der Waals surface area contributed by atoms with Gasteiger partial charge in [-0.3, -0.25) is 4.79 Å². The number of hydrogen-bond donors (Lipinski definition) is 1. The summed E-state index contributed by atoms with van der Waals surface area (Å²) in [5.74, 6) is 1.20. The third-order valence-electron chi connectivity index (χ3n) is 5.73. The highest BCUT2D eigenvalue weighted by Gasteiger charge is 2.28. The Labute approximate surface area is 181 Å². The van der Waals surface area contributed by atoms with E-state index in [1.807, 2.05) is 43.0 Å². The Kier molecular flexibility index (Phi) is 5.89. The van der Waals surface area contributed by atoms with Crippen molar-refractivity contribution < 1.29 is 13.9 Å². The summed E-state index contributed by atoms with van der Waals surface area (Å²) in [5, 5.41) is 0. The number of aromatic nitrogens is 2. The van der Waals surface area contributed by atoms with Gasteiger partial charge >= 0.3 is 0 Å². The number of rotatable bonds is 5. The number of benzene rings is 2. The normalized spacial score (nSPS) is 16.6. The van der Waals surface area contributed by atoms with Crippen molar-refractivity contribution in [2.24, 2.45) is 0 Å². The van der Waals surface area contributed by atoms with Crippen LogP contribution in [0, 0.1) is 12.7 Å². The van der Waals surface area contributed by atoms with Crippen LogP contribution in [0.1, 0.15) is 42.6 Å². The molecule has 31 heavy (non-hydrogen) atoms. The molecule has 0 radical (unpaired) electrons. The number of aromatic amines is 1. The standard InChI is InChI=1S/C25H26FN3O2/c1-16-15-27-24(28-16)22-11-6-18(14-23(22)31-3)13-20-5-4-12-29(25(20)30)17(2)19-7-9-21(26)10-8-19/h6-11,13-15,17H,4-5,12H2,1-3H3,(H,27,28)/t17-/m0/s1. The monoisotopic (exact) mass is 419 g/mol. The van der Waals surface area contributed by atoms with E-state index in [9.17, 15) is 9.18 Å². The van der Waals surface area contributed by atoms with Gasteiger partial charge in [-0.15, -0.1) is 0 Å². The van der Waals surface area contributed by atoms with Crippen molar-refractivity contribution in [2.45, 2.75) is 32.7 Å². The fourth-order valence-electron chi connectivity index (χ4n) is 4.00. The lowest BCUT2D eigenvalue weighted by molar-refractivity contribution is -0.130. The Balaban J connectivity index is 1.59. The number of H-pyrrole nitrogens is 1. The van der Waals surface area contributed by atoms with Gasteiger partial charge < -0.3 is 14.6 Å². The van der Waals surface area contributed by atoms with E-state index in [0.29, 0.717) is 12.3 Å². The summed E-state index contributed by atoms with van der Waals surface area (Å²) < 4.78 is 18.8. The van der Waals surface area contributed by atoms with Crippen molar-refractivity contribution in [3.8, 4) is 17.1 Å². The van der Waals surface area contributed by atoms with Gasteiger partial charge in [0, 0.05) is 24.0 Å². The van der Waals surface area contributed by atoms with Crippen LogP contribution >= 0.6 is 0 Å². The molecule has 1 saturated heterocycles. The van der Waals surface area contributed by atoms with Crippen LogP contribution in [-0.4, -0.2) is 34.4 Å². The Hall–Kier alpha value is -3.41. The number of halogens is 1. The zero-order valence-corrected chi connectivity index (χ0v) is 18.0. The predicted molar refractivity (Wildman–Crippen MR) is 119 cm³/mol. The van der Waals surface area contributed by atoms with Gasteiger partial charge in [0.25, 0.3) is 0 Å². The summed E-state index contributed by atoms with van der Waals surface area (Å²) in [4.78, 5) is 22.7. The van der Waals surface area contributed by atoms with Gasteiger partial charge in [0.05, 0.1) is 18.7 Å². The molecule has 1 aromatic heterocycles. The molecule has 1 N–H and O–H groups in total. The smallest absolute Gasteiger partial charge is 0.250 e. The van der Waals surface area contributed by atoms with E-state index in [0.717, 1.165) is 46.6 Å². The first-order valence-corrected chi connectivity index (χ1v) is 10.4. The summed E-state index contributed by atoms with van der Waals surface area (Å²) in [7, 11) is 1.63. The molecule has 2 heterocycles. The quantitative estimate of drug-likeness (QED) is 0.571. The van der Waals surface area contributed by atoms with Gasteiger partial charge in [-0.2, -0.15) is 0 Å². The second-order valence-electron chi connectivity index (χ2n) is 7.87. The molecule has 1 atom stereocenters. The fourth-order valence-corrected chi connectivity index (χ4v) is 4.00. The number of hydrogen-bond acceptors (Lipinski definition) is 3. The van der Waals surface area contributed by atoms with Crippen molar-refractivity contribution in [2.75, 3.05) is 13.7 Å². The Bertz CT molecular complexity index is 1120. The summed E-state index contributed by atoms with van der Waals surface area (Å²) in [6.07, 6.45) is 5.34. The van der Waals surface area contributed by atoms with Crippen LogP contribution in [0.5, 0.6) is 5.75 Å². The topological polar surface area (TPSA) is 58.2 Å². The lowest BCUT2D eigenvalue weighted by atomic mass is 9.97. The zero-order valence-electron chi connectivity index (χ0n) is 18.0. The average Bonchev–Trinajstić information content (AvgIpc) is 3.21. The number of nitrogens with zero attached hydrogens (tertiary/aromatic N) is 2. The van der Waals surface area contributed by atoms with Gasteiger partial charge in [0.2, 0.25) is 5.91 Å². The molecule has 3 aromatic rings. The van der Waals surface area contributed by atoms with Gasteiger partial charge in [0.15, 0.2) is 0 Å². The number of methoxy groups -OCH3 is 1. The van der Waals surface area contributed by atoms with Gasteiger partial charge in [-0.1, -0.05) is 18.2 Å². The van der Waals surface area contributed by atoms with Crippen LogP contribution in [0.2, 0.25) is 0 Å². The van der Waals surface area contributed by atoms with Crippen LogP contribution < -0.4 is 4.74 Å². The van der Waals surface area contributed by atoms with E-state index < -0.39 is 0 Å². The number of likely N-dealkylation sites (tertiary alicyclic amines) is 1. The zero-order chi connectivity index (χ0) is 22.0. The SMILES string of the molecule is COc1cc(C=C2CCCN([C@@H](C)c3ccc(F)cc3)C2=O)ccc1-c1ncc(C)[nH]1. The highest BCUT2D eigenvalue weighted by Crippen LogP contribution is 2.32. The minimum Gasteiger partial charge on any atom is -0.496 e. The number of carbonyl (C=O) groups excluding carboxylic acids is 1. The van der Waals surface area contributed by atoms with Crippen LogP contribution in [0.25, 0.3) is 17.5 Å². The second kappa shape index (κ2) is 8.76. The molecule has 2 aromatic carbocycles. The number of ether oxygens (including phenoxy) is 1. The van der Waals surface area contributed by atoms with Crippen molar-refractivity contribution in [1.82, 2.24) is 14.9 Å². The molecule has 0 spiro atoms. The van der Waals surface area contributed by atoms with Crippen molar-refractivity contribution in [3.05, 3.63) is 76.9 Å². The first-order valence-electron chi connectivity index (χ1n) is 10.4. The molecular formula is C25H26FN3O2. The molecule has 0 bridgehead atoms. The maximum atomic E-state index is 13.3. The molecule has 1 fully saturated rings. The summed E-state index contributed by atoms with van der Waals surface area (Å²) >= 11 is 0. The molecule has 5 nitrogen and oxygen atoms in total. The number of amides is 1. The van der Waals surface area contributed by atoms with Gasteiger partial charge in [-0.05, 0) is 68.2 Å². The highest BCUT2D eigenvalue weighted by atomic mass is 19.1. The van der Waals surface area contributed by atoms with E-state index in [1.54, 1.807) is 25.4 Å². The highest BCUT2D eigenvalue weighted by molar-refractivity contribution is 5.98. The number of aryl methyl sites for hydroxylation is 1. The van der Waals surface area contributed by atoms with Gasteiger partial charge in [0.1, 0.15) is 17.4 Å². The largest absolute Gasteiger partial charge is 0.496 e. The van der Waals surface area contributed by atoms with E-state index in [1.165, 1.54) is 12.1 Å². The van der Waals surface area contributed by atoms with Crippen molar-refractivity contribution in [3.63, 3.8) is 0 Å². The Morgan fingerprint density at radius 2 is 2.00 bits per heavy atom. The molecule has 4 rings (SSSR count). The lowest BCUT2D eigenvalue weighted by Crippen LogP contribution is -2.38. The fraction of sp³-hybridized carbons (Fsp3) is 0.280. The molecule has 6 heteroatoms. The van der Waals surface area contributed by atoms with E-state index in [2.05, 4.69) is 9.97 Å². The van der Waals surface area contributed by atoms with Crippen LogP contribution in [0.4, 0.5) is 4.39 Å². The van der Waals surface area contributed by atoms with Crippen LogP contribution in [0.15, 0.2) is 54.2 Å². The number of piperidine rings is 1. The van der Waals surface area contributed by atoms with E-state index in [4.69, 9.17) is 4.74 Å². The minimum absolute atomic E-state index is 0.0211. The predicted octanol–water partition coefficient (Wildman–Crippen LogP) is 5.30. The molecular weight excluding hydrogens is 393 g/mol. The van der Waals surface area contributed by atoms with Crippen LogP contribution in [0.3, 0.4) is 0 Å². The van der Waals surface area contributed by atoms with Crippen molar-refractivity contribution >= 4 is 12.0 Å². The number of imidazole rings is 1. The van der Waals surface area contributed by atoms with Crippen molar-refractivity contribution in [1.29, 1.82) is 0 Å². The van der Waals surface area contributed by atoms with Crippen LogP contribution in [-0.2, 0) is 4.79 Å². The lowest BCUT2D eigenvalue weighted by Gasteiger charge is -2.34. The third-order valence-corrected chi connectivity index (χ3v) is 5.73. The maximum Gasteiger partial charge on any atom is 0.250 e. The molecule has 160 valence electrons. The first-order chi connectivity index (χ1) is 15.0.